The summed E-state index contributed by atoms with van der Waals surface area (Å²) in [5, 5.41) is 3.03. The van der Waals surface area contributed by atoms with E-state index in [1.807, 2.05) is 6.92 Å². The van der Waals surface area contributed by atoms with Gasteiger partial charge in [-0.3, -0.25) is 4.79 Å². The second-order valence-electron chi connectivity index (χ2n) is 5.12. The van der Waals surface area contributed by atoms with Gasteiger partial charge >= 0.3 is 0 Å². The molecule has 5 heteroatoms. The zero-order valence-electron chi connectivity index (χ0n) is 10.9. The molecule has 0 aromatic heterocycles. The van der Waals surface area contributed by atoms with Gasteiger partial charge in [0.15, 0.2) is 0 Å². The third-order valence-electron chi connectivity index (χ3n) is 3.26. The molecule has 3 N–H and O–H groups in total. The zero-order chi connectivity index (χ0) is 13.9. The lowest BCUT2D eigenvalue weighted by Gasteiger charge is -2.34. The number of hydrogen-bond donors (Lipinski definition) is 2. The standard InChI is InChI=1S/C14H18N2O2S/c1-14(6-3-7-18-9-14)16-13(17)11-5-2-4-10(8-11)12(15)19/h2,4-5,8H,3,6-7,9H2,1H3,(H2,15,19)(H,16,17). The van der Waals surface area contributed by atoms with Crippen molar-refractivity contribution in [1.82, 2.24) is 5.32 Å². The number of carbonyl (C=O) groups excluding carboxylic acids is 1. The van der Waals surface area contributed by atoms with Crippen molar-refractivity contribution in [3.63, 3.8) is 0 Å². The van der Waals surface area contributed by atoms with Crippen molar-refractivity contribution in [3.8, 4) is 0 Å². The molecule has 0 bridgehead atoms. The molecule has 1 fully saturated rings. The average molecular weight is 278 g/mol. The van der Waals surface area contributed by atoms with Crippen LogP contribution in [0, 0.1) is 0 Å². The molecule has 2 rings (SSSR count). The maximum Gasteiger partial charge on any atom is 0.251 e. The number of rotatable bonds is 3. The van der Waals surface area contributed by atoms with Crippen LogP contribution in [0.3, 0.4) is 0 Å². The van der Waals surface area contributed by atoms with Gasteiger partial charge in [0, 0.05) is 17.7 Å². The lowest BCUT2D eigenvalue weighted by Crippen LogP contribution is -2.51. The number of carbonyl (C=O) groups is 1. The van der Waals surface area contributed by atoms with Gasteiger partial charge in [0.05, 0.1) is 12.1 Å². The van der Waals surface area contributed by atoms with Gasteiger partial charge in [0.2, 0.25) is 0 Å². The minimum absolute atomic E-state index is 0.119. The maximum atomic E-state index is 12.2. The summed E-state index contributed by atoms with van der Waals surface area (Å²) in [6.45, 7) is 3.32. The van der Waals surface area contributed by atoms with Crippen LogP contribution in [0.4, 0.5) is 0 Å². The lowest BCUT2D eigenvalue weighted by atomic mass is 9.94. The quantitative estimate of drug-likeness (QED) is 0.825. The van der Waals surface area contributed by atoms with E-state index in [4.69, 9.17) is 22.7 Å². The number of hydrogen-bond acceptors (Lipinski definition) is 3. The van der Waals surface area contributed by atoms with Crippen molar-refractivity contribution in [1.29, 1.82) is 0 Å². The lowest BCUT2D eigenvalue weighted by molar-refractivity contribution is 0.0272. The predicted molar refractivity (Wildman–Crippen MR) is 78.3 cm³/mol. The number of amides is 1. The molecule has 1 heterocycles. The highest BCUT2D eigenvalue weighted by atomic mass is 32.1. The first-order chi connectivity index (χ1) is 9.00. The van der Waals surface area contributed by atoms with Crippen molar-refractivity contribution in [2.24, 2.45) is 5.73 Å². The fourth-order valence-corrected chi connectivity index (χ4v) is 2.32. The summed E-state index contributed by atoms with van der Waals surface area (Å²) >= 11 is 4.92. The fourth-order valence-electron chi connectivity index (χ4n) is 2.19. The minimum Gasteiger partial charge on any atom is -0.389 e. The molecule has 1 aromatic rings. The highest BCUT2D eigenvalue weighted by Gasteiger charge is 2.29. The monoisotopic (exact) mass is 278 g/mol. The first-order valence-corrected chi connectivity index (χ1v) is 6.71. The summed E-state index contributed by atoms with van der Waals surface area (Å²) in [5.41, 5.74) is 6.54. The number of benzene rings is 1. The Morgan fingerprint density at radius 3 is 2.84 bits per heavy atom. The average Bonchev–Trinajstić information content (AvgIpc) is 2.39. The van der Waals surface area contributed by atoms with Crippen molar-refractivity contribution in [3.05, 3.63) is 35.4 Å². The summed E-state index contributed by atoms with van der Waals surface area (Å²) in [4.78, 5) is 12.5. The Bertz CT molecular complexity index is 496. The molecule has 0 spiro atoms. The largest absolute Gasteiger partial charge is 0.389 e. The summed E-state index contributed by atoms with van der Waals surface area (Å²) in [6.07, 6.45) is 1.89. The highest BCUT2D eigenvalue weighted by molar-refractivity contribution is 7.80. The molecule has 0 aliphatic carbocycles. The second-order valence-corrected chi connectivity index (χ2v) is 5.56. The van der Waals surface area contributed by atoms with Gasteiger partial charge in [0.1, 0.15) is 4.99 Å². The molecule has 1 atom stereocenters. The predicted octanol–water partition coefficient (Wildman–Crippen LogP) is 1.62. The van der Waals surface area contributed by atoms with E-state index in [0.29, 0.717) is 22.7 Å². The van der Waals surface area contributed by atoms with Gasteiger partial charge in [-0.1, -0.05) is 24.4 Å². The molecule has 1 aliphatic rings. The van der Waals surface area contributed by atoms with Crippen LogP contribution in [0.25, 0.3) is 0 Å². The Morgan fingerprint density at radius 2 is 2.21 bits per heavy atom. The van der Waals surface area contributed by atoms with Crippen LogP contribution in [-0.2, 0) is 4.74 Å². The van der Waals surface area contributed by atoms with Crippen LogP contribution in [-0.4, -0.2) is 29.6 Å². The Hall–Kier alpha value is -1.46. The smallest absolute Gasteiger partial charge is 0.251 e. The first kappa shape index (κ1) is 14.0. The van der Waals surface area contributed by atoms with Crippen molar-refractivity contribution in [2.45, 2.75) is 25.3 Å². The summed E-state index contributed by atoms with van der Waals surface area (Å²) in [5.74, 6) is -0.119. The van der Waals surface area contributed by atoms with E-state index in [1.54, 1.807) is 24.3 Å². The maximum absolute atomic E-state index is 12.2. The van der Waals surface area contributed by atoms with Crippen LogP contribution in [0.15, 0.2) is 24.3 Å². The van der Waals surface area contributed by atoms with Crippen LogP contribution in [0.5, 0.6) is 0 Å². The SMILES string of the molecule is CC1(NC(=O)c2cccc(C(N)=S)c2)CCCOC1. The van der Waals surface area contributed by atoms with Gasteiger partial charge in [-0.15, -0.1) is 0 Å². The molecule has 1 saturated heterocycles. The molecule has 102 valence electrons. The molecule has 0 radical (unpaired) electrons. The van der Waals surface area contributed by atoms with E-state index >= 15 is 0 Å². The molecular weight excluding hydrogens is 260 g/mol. The first-order valence-electron chi connectivity index (χ1n) is 6.30. The van der Waals surface area contributed by atoms with E-state index in [1.165, 1.54) is 0 Å². The van der Waals surface area contributed by atoms with Crippen LogP contribution in [0.1, 0.15) is 35.7 Å². The zero-order valence-corrected chi connectivity index (χ0v) is 11.8. The molecule has 19 heavy (non-hydrogen) atoms. The molecule has 1 amide bonds. The van der Waals surface area contributed by atoms with E-state index in [0.717, 1.165) is 19.4 Å². The van der Waals surface area contributed by atoms with Crippen molar-refractivity contribution in [2.75, 3.05) is 13.2 Å². The minimum atomic E-state index is -0.297. The van der Waals surface area contributed by atoms with E-state index in [2.05, 4.69) is 5.32 Å². The highest BCUT2D eigenvalue weighted by Crippen LogP contribution is 2.19. The van der Waals surface area contributed by atoms with Gasteiger partial charge < -0.3 is 15.8 Å². The Morgan fingerprint density at radius 1 is 1.47 bits per heavy atom. The fraction of sp³-hybridized carbons (Fsp3) is 0.429. The topological polar surface area (TPSA) is 64.4 Å². The van der Waals surface area contributed by atoms with Crippen LogP contribution < -0.4 is 11.1 Å². The Balaban J connectivity index is 2.11. The van der Waals surface area contributed by atoms with Crippen LogP contribution >= 0.6 is 12.2 Å². The number of nitrogens with one attached hydrogen (secondary N) is 1. The summed E-state index contributed by atoms with van der Waals surface area (Å²) < 4.78 is 5.43. The molecule has 1 aromatic carbocycles. The second kappa shape index (κ2) is 5.67. The third kappa shape index (κ3) is 3.52. The van der Waals surface area contributed by atoms with E-state index in [9.17, 15) is 4.79 Å². The van der Waals surface area contributed by atoms with E-state index < -0.39 is 0 Å². The molecule has 4 nitrogen and oxygen atoms in total. The van der Waals surface area contributed by atoms with Crippen LogP contribution in [0.2, 0.25) is 0 Å². The Labute approximate surface area is 118 Å². The number of nitrogens with two attached hydrogens (primary N) is 1. The third-order valence-corrected chi connectivity index (χ3v) is 3.50. The Kier molecular flexibility index (Phi) is 4.17. The van der Waals surface area contributed by atoms with Gasteiger partial charge in [-0.2, -0.15) is 0 Å². The molecule has 0 saturated carbocycles. The summed E-state index contributed by atoms with van der Waals surface area (Å²) in [6, 6.07) is 7.04. The number of ether oxygens (including phenoxy) is 1. The van der Waals surface area contributed by atoms with Gasteiger partial charge in [-0.25, -0.2) is 0 Å². The normalized spacial score (nSPS) is 22.8. The molecule has 1 unspecified atom stereocenters. The van der Waals surface area contributed by atoms with Crippen molar-refractivity contribution >= 4 is 23.1 Å². The molecule has 1 aliphatic heterocycles. The van der Waals surface area contributed by atoms with Crippen molar-refractivity contribution < 1.29 is 9.53 Å². The number of thiocarbonyl (C=S) groups is 1. The van der Waals surface area contributed by atoms with E-state index in [-0.39, 0.29) is 11.4 Å². The van der Waals surface area contributed by atoms with Gasteiger partial charge in [-0.05, 0) is 31.9 Å². The molecular formula is C14H18N2O2S. The van der Waals surface area contributed by atoms with Gasteiger partial charge in [0.25, 0.3) is 5.91 Å². The summed E-state index contributed by atoms with van der Waals surface area (Å²) in [7, 11) is 0.